The molecule has 106 valence electrons. The molecule has 3 nitrogen and oxygen atoms in total. The van der Waals surface area contributed by atoms with Crippen molar-refractivity contribution in [1.82, 2.24) is 10.2 Å². The summed E-state index contributed by atoms with van der Waals surface area (Å²) in [6.45, 7) is 10.3. The van der Waals surface area contributed by atoms with E-state index in [2.05, 4.69) is 24.1 Å². The van der Waals surface area contributed by atoms with Crippen LogP contribution >= 0.6 is 0 Å². The molecule has 2 fully saturated rings. The SMILES string of the molecule is CC(C)CNCC1CCCN1CC1CCCCO1. The topological polar surface area (TPSA) is 24.5 Å². The zero-order valence-corrected chi connectivity index (χ0v) is 12.2. The Labute approximate surface area is 112 Å². The van der Waals surface area contributed by atoms with Gasteiger partial charge in [0.05, 0.1) is 6.10 Å². The Morgan fingerprint density at radius 3 is 2.83 bits per heavy atom. The van der Waals surface area contributed by atoms with Gasteiger partial charge in [-0.25, -0.2) is 0 Å². The molecule has 0 saturated carbocycles. The normalized spacial score (nSPS) is 30.2. The van der Waals surface area contributed by atoms with Crippen LogP contribution in [0.5, 0.6) is 0 Å². The van der Waals surface area contributed by atoms with Crippen LogP contribution in [0.4, 0.5) is 0 Å². The molecule has 0 aromatic heterocycles. The van der Waals surface area contributed by atoms with Gasteiger partial charge in [-0.05, 0) is 51.1 Å². The third-order valence-corrected chi connectivity index (χ3v) is 4.14. The fraction of sp³-hybridized carbons (Fsp3) is 1.00. The lowest BCUT2D eigenvalue weighted by molar-refractivity contribution is -0.00782. The minimum atomic E-state index is 0.504. The maximum absolute atomic E-state index is 5.87. The first kappa shape index (κ1) is 14.3. The summed E-state index contributed by atoms with van der Waals surface area (Å²) >= 11 is 0. The molecule has 0 aromatic carbocycles. The Morgan fingerprint density at radius 2 is 2.11 bits per heavy atom. The van der Waals surface area contributed by atoms with E-state index in [1.54, 1.807) is 0 Å². The quantitative estimate of drug-likeness (QED) is 0.787. The van der Waals surface area contributed by atoms with Crippen LogP contribution in [0, 0.1) is 5.92 Å². The summed E-state index contributed by atoms with van der Waals surface area (Å²) in [5, 5.41) is 3.61. The molecule has 18 heavy (non-hydrogen) atoms. The summed E-state index contributed by atoms with van der Waals surface area (Å²) in [6.07, 6.45) is 7.11. The molecule has 0 bridgehead atoms. The summed E-state index contributed by atoms with van der Waals surface area (Å²) in [6, 6.07) is 0.745. The highest BCUT2D eigenvalue weighted by Gasteiger charge is 2.27. The fourth-order valence-electron chi connectivity index (χ4n) is 3.12. The molecular formula is C15H30N2O. The summed E-state index contributed by atoms with van der Waals surface area (Å²) in [4.78, 5) is 2.66. The van der Waals surface area contributed by atoms with Crippen molar-refractivity contribution in [1.29, 1.82) is 0 Å². The van der Waals surface area contributed by atoms with Gasteiger partial charge in [-0.3, -0.25) is 4.90 Å². The van der Waals surface area contributed by atoms with E-state index in [1.165, 1.54) is 38.6 Å². The number of ether oxygens (including phenoxy) is 1. The average Bonchev–Trinajstić information content (AvgIpc) is 2.78. The largest absolute Gasteiger partial charge is 0.377 e. The second kappa shape index (κ2) is 7.46. The van der Waals surface area contributed by atoms with Crippen LogP contribution in [0.25, 0.3) is 0 Å². The van der Waals surface area contributed by atoms with Crippen LogP contribution in [0.3, 0.4) is 0 Å². The van der Waals surface area contributed by atoms with Crippen molar-refractivity contribution in [3.63, 3.8) is 0 Å². The number of nitrogens with zero attached hydrogens (tertiary/aromatic N) is 1. The van der Waals surface area contributed by atoms with Gasteiger partial charge in [0.2, 0.25) is 0 Å². The van der Waals surface area contributed by atoms with E-state index in [-0.39, 0.29) is 0 Å². The molecule has 1 N–H and O–H groups in total. The van der Waals surface area contributed by atoms with Crippen LogP contribution in [0.2, 0.25) is 0 Å². The smallest absolute Gasteiger partial charge is 0.0702 e. The minimum absolute atomic E-state index is 0.504. The Morgan fingerprint density at radius 1 is 1.22 bits per heavy atom. The zero-order chi connectivity index (χ0) is 12.8. The number of hydrogen-bond donors (Lipinski definition) is 1. The summed E-state index contributed by atoms with van der Waals surface area (Å²) in [5.74, 6) is 0.751. The molecule has 2 atom stereocenters. The van der Waals surface area contributed by atoms with Gasteiger partial charge in [-0.1, -0.05) is 13.8 Å². The van der Waals surface area contributed by atoms with Crippen molar-refractivity contribution in [2.45, 2.75) is 58.1 Å². The summed E-state index contributed by atoms with van der Waals surface area (Å²) in [7, 11) is 0. The van der Waals surface area contributed by atoms with Gasteiger partial charge in [0.25, 0.3) is 0 Å². The lowest BCUT2D eigenvalue weighted by atomic mass is 10.1. The van der Waals surface area contributed by atoms with Gasteiger partial charge in [-0.2, -0.15) is 0 Å². The molecule has 0 aromatic rings. The molecule has 0 amide bonds. The Kier molecular flexibility index (Phi) is 5.93. The molecule has 2 aliphatic heterocycles. The predicted octanol–water partition coefficient (Wildman–Crippen LogP) is 2.27. The fourth-order valence-corrected chi connectivity index (χ4v) is 3.12. The average molecular weight is 254 g/mol. The molecule has 3 heteroatoms. The monoisotopic (exact) mass is 254 g/mol. The highest BCUT2D eigenvalue weighted by atomic mass is 16.5. The molecular weight excluding hydrogens is 224 g/mol. The Hall–Kier alpha value is -0.120. The lowest BCUT2D eigenvalue weighted by Crippen LogP contribution is -2.43. The molecule has 0 spiro atoms. The minimum Gasteiger partial charge on any atom is -0.377 e. The van der Waals surface area contributed by atoms with E-state index in [0.29, 0.717) is 6.10 Å². The maximum Gasteiger partial charge on any atom is 0.0702 e. The third-order valence-electron chi connectivity index (χ3n) is 4.14. The predicted molar refractivity (Wildman–Crippen MR) is 75.9 cm³/mol. The van der Waals surface area contributed by atoms with Crippen molar-refractivity contribution in [2.24, 2.45) is 5.92 Å². The Bertz CT molecular complexity index is 227. The van der Waals surface area contributed by atoms with Crippen molar-refractivity contribution < 1.29 is 4.74 Å². The first-order valence-electron chi connectivity index (χ1n) is 7.82. The molecule has 2 rings (SSSR count). The van der Waals surface area contributed by atoms with E-state index >= 15 is 0 Å². The second-order valence-corrected chi connectivity index (χ2v) is 6.33. The molecule has 2 aliphatic rings. The summed E-state index contributed by atoms with van der Waals surface area (Å²) in [5.41, 5.74) is 0. The first-order chi connectivity index (χ1) is 8.75. The second-order valence-electron chi connectivity index (χ2n) is 6.33. The van der Waals surface area contributed by atoms with Gasteiger partial charge in [-0.15, -0.1) is 0 Å². The highest BCUT2D eigenvalue weighted by Crippen LogP contribution is 2.20. The van der Waals surface area contributed by atoms with Crippen LogP contribution in [0.1, 0.15) is 46.0 Å². The molecule has 2 heterocycles. The van der Waals surface area contributed by atoms with Crippen molar-refractivity contribution in [2.75, 3.05) is 32.8 Å². The van der Waals surface area contributed by atoms with Crippen LogP contribution < -0.4 is 5.32 Å². The van der Waals surface area contributed by atoms with Gasteiger partial charge in [0, 0.05) is 25.7 Å². The van der Waals surface area contributed by atoms with Crippen molar-refractivity contribution >= 4 is 0 Å². The molecule has 2 unspecified atom stereocenters. The van der Waals surface area contributed by atoms with Gasteiger partial charge < -0.3 is 10.1 Å². The number of hydrogen-bond acceptors (Lipinski definition) is 3. The van der Waals surface area contributed by atoms with Gasteiger partial charge >= 0.3 is 0 Å². The van der Waals surface area contributed by atoms with E-state index in [9.17, 15) is 0 Å². The van der Waals surface area contributed by atoms with Crippen LogP contribution in [-0.2, 0) is 4.74 Å². The maximum atomic E-state index is 5.87. The van der Waals surface area contributed by atoms with E-state index in [1.807, 2.05) is 0 Å². The number of nitrogens with one attached hydrogen (secondary N) is 1. The summed E-state index contributed by atoms with van der Waals surface area (Å²) < 4.78 is 5.87. The van der Waals surface area contributed by atoms with Gasteiger partial charge in [0.1, 0.15) is 0 Å². The molecule has 2 saturated heterocycles. The standard InChI is InChI=1S/C15H30N2O/c1-13(2)10-16-11-14-6-5-8-17(14)12-15-7-3-4-9-18-15/h13-16H,3-12H2,1-2H3. The third kappa shape index (κ3) is 4.52. The van der Waals surface area contributed by atoms with Crippen molar-refractivity contribution in [3.8, 4) is 0 Å². The van der Waals surface area contributed by atoms with E-state index < -0.39 is 0 Å². The van der Waals surface area contributed by atoms with Gasteiger partial charge in [0.15, 0.2) is 0 Å². The van der Waals surface area contributed by atoms with E-state index in [0.717, 1.165) is 38.2 Å². The Balaban J connectivity index is 1.69. The van der Waals surface area contributed by atoms with Crippen LogP contribution in [-0.4, -0.2) is 49.8 Å². The molecule has 0 aliphatic carbocycles. The van der Waals surface area contributed by atoms with E-state index in [4.69, 9.17) is 4.74 Å². The number of likely N-dealkylation sites (tertiary alicyclic amines) is 1. The first-order valence-corrected chi connectivity index (χ1v) is 7.82. The van der Waals surface area contributed by atoms with Crippen molar-refractivity contribution in [3.05, 3.63) is 0 Å². The molecule has 0 radical (unpaired) electrons. The highest BCUT2D eigenvalue weighted by molar-refractivity contribution is 4.83. The van der Waals surface area contributed by atoms with Crippen LogP contribution in [0.15, 0.2) is 0 Å². The number of rotatable bonds is 6. The zero-order valence-electron chi connectivity index (χ0n) is 12.2. The lowest BCUT2D eigenvalue weighted by Gasteiger charge is -2.31.